The second-order valence-electron chi connectivity index (χ2n) is 4.58. The van der Waals surface area contributed by atoms with E-state index < -0.39 is 0 Å². The predicted molar refractivity (Wildman–Crippen MR) is 75.9 cm³/mol. The van der Waals surface area contributed by atoms with Crippen molar-refractivity contribution >= 4 is 11.9 Å². The third kappa shape index (κ3) is 3.88. The first-order valence-electron chi connectivity index (χ1n) is 6.31. The van der Waals surface area contributed by atoms with Gasteiger partial charge in [0.05, 0.1) is 0 Å². The van der Waals surface area contributed by atoms with E-state index in [2.05, 4.69) is 10.3 Å². The molecule has 7 heteroatoms. The van der Waals surface area contributed by atoms with E-state index in [9.17, 15) is 14.0 Å². The molecule has 3 N–H and O–H groups in total. The lowest BCUT2D eigenvalue weighted by Crippen LogP contribution is -2.33. The predicted octanol–water partition coefficient (Wildman–Crippen LogP) is 0.589. The third-order valence-electron chi connectivity index (χ3n) is 2.87. The van der Waals surface area contributed by atoms with Crippen molar-refractivity contribution in [2.24, 2.45) is 0 Å². The Morgan fingerprint density at radius 1 is 1.38 bits per heavy atom. The maximum absolute atomic E-state index is 12.7. The molecular weight excluding hydrogens is 275 g/mol. The van der Waals surface area contributed by atoms with Crippen molar-refractivity contribution in [1.82, 2.24) is 14.9 Å². The molecule has 0 fully saturated rings. The number of aromatic nitrogens is 2. The molecule has 0 spiro atoms. The maximum atomic E-state index is 12.7. The van der Waals surface area contributed by atoms with E-state index in [4.69, 9.17) is 5.73 Å². The van der Waals surface area contributed by atoms with Gasteiger partial charge in [-0.25, -0.2) is 9.37 Å². The molecule has 1 amide bonds. The van der Waals surface area contributed by atoms with Crippen LogP contribution in [-0.2, 0) is 17.9 Å². The van der Waals surface area contributed by atoms with Gasteiger partial charge < -0.3 is 11.1 Å². The third-order valence-corrected chi connectivity index (χ3v) is 2.87. The fourth-order valence-corrected chi connectivity index (χ4v) is 1.80. The molecule has 0 atom stereocenters. The Bertz CT molecular complexity index is 710. The highest BCUT2D eigenvalue weighted by atomic mass is 19.1. The smallest absolute Gasteiger partial charge is 0.255 e. The number of carbonyl (C=O) groups is 1. The van der Waals surface area contributed by atoms with E-state index >= 15 is 0 Å². The zero-order valence-corrected chi connectivity index (χ0v) is 11.5. The number of rotatable bonds is 4. The molecule has 0 aliphatic heterocycles. The Kier molecular flexibility index (Phi) is 4.32. The van der Waals surface area contributed by atoms with Crippen molar-refractivity contribution in [1.29, 1.82) is 0 Å². The number of aryl methyl sites for hydroxylation is 1. The van der Waals surface area contributed by atoms with Crippen LogP contribution >= 0.6 is 0 Å². The summed E-state index contributed by atoms with van der Waals surface area (Å²) in [6.07, 6.45) is 0. The van der Waals surface area contributed by atoms with Gasteiger partial charge >= 0.3 is 0 Å². The quantitative estimate of drug-likeness (QED) is 0.862. The summed E-state index contributed by atoms with van der Waals surface area (Å²) in [6, 6.07) is 7.08. The van der Waals surface area contributed by atoms with E-state index in [0.717, 1.165) is 10.1 Å². The van der Waals surface area contributed by atoms with Gasteiger partial charge in [-0.2, -0.15) is 0 Å². The summed E-state index contributed by atoms with van der Waals surface area (Å²) >= 11 is 0. The Hall–Kier alpha value is -2.70. The fraction of sp³-hybridized carbons (Fsp3) is 0.214. The second kappa shape index (κ2) is 6.17. The van der Waals surface area contributed by atoms with Crippen molar-refractivity contribution < 1.29 is 9.18 Å². The van der Waals surface area contributed by atoms with Crippen LogP contribution in [0.5, 0.6) is 0 Å². The van der Waals surface area contributed by atoms with Crippen molar-refractivity contribution in [2.45, 2.75) is 20.0 Å². The van der Waals surface area contributed by atoms with Crippen LogP contribution in [0.25, 0.3) is 0 Å². The fourth-order valence-electron chi connectivity index (χ4n) is 1.80. The highest BCUT2D eigenvalue weighted by molar-refractivity contribution is 5.76. The summed E-state index contributed by atoms with van der Waals surface area (Å²) in [5.74, 6) is -0.717. The molecule has 1 aromatic heterocycles. The minimum atomic E-state index is -0.378. The van der Waals surface area contributed by atoms with Crippen LogP contribution in [0.1, 0.15) is 11.3 Å². The van der Waals surface area contributed by atoms with Crippen LogP contribution in [0.3, 0.4) is 0 Å². The lowest BCUT2D eigenvalue weighted by molar-refractivity contribution is -0.121. The molecule has 0 bridgehead atoms. The number of amides is 1. The topological polar surface area (TPSA) is 90.0 Å². The Labute approximate surface area is 120 Å². The van der Waals surface area contributed by atoms with Gasteiger partial charge in [-0.15, -0.1) is 0 Å². The summed E-state index contributed by atoms with van der Waals surface area (Å²) in [6.45, 7) is 1.68. The first-order chi connectivity index (χ1) is 9.95. The SMILES string of the molecule is Cc1cc(=O)n(CC(=O)NCc2ccc(F)cc2)c(N)n1. The monoisotopic (exact) mass is 290 g/mol. The van der Waals surface area contributed by atoms with E-state index in [1.165, 1.54) is 18.2 Å². The average Bonchev–Trinajstić information content (AvgIpc) is 2.42. The molecule has 110 valence electrons. The summed E-state index contributed by atoms with van der Waals surface area (Å²) < 4.78 is 13.8. The number of anilines is 1. The molecule has 2 rings (SSSR count). The van der Waals surface area contributed by atoms with Crippen LogP contribution in [-0.4, -0.2) is 15.5 Å². The highest BCUT2D eigenvalue weighted by Gasteiger charge is 2.09. The molecule has 21 heavy (non-hydrogen) atoms. The molecular formula is C14H15FN4O2. The van der Waals surface area contributed by atoms with Crippen molar-refractivity contribution in [3.05, 3.63) is 57.8 Å². The molecule has 0 unspecified atom stereocenters. The van der Waals surface area contributed by atoms with Gasteiger partial charge in [0.25, 0.3) is 5.56 Å². The number of benzene rings is 1. The van der Waals surface area contributed by atoms with Gasteiger partial charge in [0, 0.05) is 18.3 Å². The highest BCUT2D eigenvalue weighted by Crippen LogP contribution is 2.02. The molecule has 0 saturated heterocycles. The standard InChI is InChI=1S/C14H15FN4O2/c1-9-6-13(21)19(14(16)18-9)8-12(20)17-7-10-2-4-11(15)5-3-10/h2-6H,7-8H2,1H3,(H2,16,18)(H,17,20). The molecule has 0 saturated carbocycles. The first kappa shape index (κ1) is 14.7. The van der Waals surface area contributed by atoms with E-state index in [1.54, 1.807) is 19.1 Å². The second-order valence-corrected chi connectivity index (χ2v) is 4.58. The Balaban J connectivity index is 1.99. The zero-order valence-electron chi connectivity index (χ0n) is 11.5. The van der Waals surface area contributed by atoms with E-state index in [-0.39, 0.29) is 36.3 Å². The van der Waals surface area contributed by atoms with Gasteiger partial charge in [0.15, 0.2) is 0 Å². The molecule has 0 radical (unpaired) electrons. The van der Waals surface area contributed by atoms with Gasteiger partial charge in [-0.05, 0) is 24.6 Å². The minimum Gasteiger partial charge on any atom is -0.369 e. The van der Waals surface area contributed by atoms with E-state index in [1.807, 2.05) is 0 Å². The molecule has 2 aromatic rings. The molecule has 0 aliphatic carbocycles. The van der Waals surface area contributed by atoms with Crippen LogP contribution in [0.4, 0.5) is 10.3 Å². The van der Waals surface area contributed by atoms with Gasteiger partial charge in [0.2, 0.25) is 11.9 Å². The summed E-state index contributed by atoms with van der Waals surface area (Å²) in [5, 5.41) is 2.63. The number of nitrogens with two attached hydrogens (primary N) is 1. The summed E-state index contributed by atoms with van der Waals surface area (Å²) in [4.78, 5) is 27.5. The number of hydrogen-bond acceptors (Lipinski definition) is 4. The van der Waals surface area contributed by atoms with Crippen molar-refractivity contribution in [3.63, 3.8) is 0 Å². The Morgan fingerprint density at radius 2 is 2.05 bits per heavy atom. The number of nitrogen functional groups attached to an aromatic ring is 1. The summed E-state index contributed by atoms with van der Waals surface area (Å²) in [5.41, 5.74) is 6.50. The van der Waals surface area contributed by atoms with Gasteiger partial charge in [-0.3, -0.25) is 14.2 Å². The number of halogens is 1. The van der Waals surface area contributed by atoms with Crippen LogP contribution < -0.4 is 16.6 Å². The number of nitrogens with zero attached hydrogens (tertiary/aromatic N) is 2. The average molecular weight is 290 g/mol. The largest absolute Gasteiger partial charge is 0.369 e. The number of nitrogens with one attached hydrogen (secondary N) is 1. The van der Waals surface area contributed by atoms with Crippen molar-refractivity contribution in [3.8, 4) is 0 Å². The van der Waals surface area contributed by atoms with Crippen LogP contribution in [0, 0.1) is 12.7 Å². The first-order valence-corrected chi connectivity index (χ1v) is 6.31. The lowest BCUT2D eigenvalue weighted by Gasteiger charge is -2.09. The summed E-state index contributed by atoms with van der Waals surface area (Å²) in [7, 11) is 0. The van der Waals surface area contributed by atoms with Gasteiger partial charge in [-0.1, -0.05) is 12.1 Å². The minimum absolute atomic E-state index is 0.00284. The lowest BCUT2D eigenvalue weighted by atomic mass is 10.2. The van der Waals surface area contributed by atoms with Gasteiger partial charge in [0.1, 0.15) is 12.4 Å². The van der Waals surface area contributed by atoms with E-state index in [0.29, 0.717) is 5.69 Å². The number of hydrogen-bond donors (Lipinski definition) is 2. The molecule has 1 heterocycles. The van der Waals surface area contributed by atoms with Crippen LogP contribution in [0.15, 0.2) is 35.1 Å². The normalized spacial score (nSPS) is 10.4. The Morgan fingerprint density at radius 3 is 2.67 bits per heavy atom. The maximum Gasteiger partial charge on any atom is 0.255 e. The van der Waals surface area contributed by atoms with Crippen LogP contribution in [0.2, 0.25) is 0 Å². The molecule has 6 nitrogen and oxygen atoms in total. The molecule has 1 aromatic carbocycles. The zero-order chi connectivity index (χ0) is 15.4. The van der Waals surface area contributed by atoms with Crippen molar-refractivity contribution in [2.75, 3.05) is 5.73 Å². The number of carbonyl (C=O) groups excluding carboxylic acids is 1. The molecule has 0 aliphatic rings.